The van der Waals surface area contributed by atoms with E-state index in [1.54, 1.807) is 6.92 Å². The van der Waals surface area contributed by atoms with Gasteiger partial charge in [0.25, 0.3) is 5.56 Å². The van der Waals surface area contributed by atoms with E-state index in [-0.39, 0.29) is 5.56 Å². The minimum Gasteiger partial charge on any atom is -0.360 e. The molecule has 6 nitrogen and oxygen atoms in total. The molecule has 3 aromatic rings. The zero-order chi connectivity index (χ0) is 15.7. The normalized spacial score (nSPS) is 11.5. The maximum atomic E-state index is 12.5. The number of fused-ring (bicyclic) bond motifs is 1. The Labute approximate surface area is 127 Å². The molecule has 22 heavy (non-hydrogen) atoms. The van der Waals surface area contributed by atoms with Crippen molar-refractivity contribution in [1.29, 1.82) is 0 Å². The molecule has 2 heterocycles. The summed E-state index contributed by atoms with van der Waals surface area (Å²) in [5, 5.41) is 9.17. The molecule has 2 aromatic heterocycles. The molecule has 0 atom stereocenters. The highest BCUT2D eigenvalue weighted by Gasteiger charge is 2.18. The van der Waals surface area contributed by atoms with Crippen LogP contribution in [0.15, 0.2) is 39.6 Å². The van der Waals surface area contributed by atoms with Gasteiger partial charge in [-0.1, -0.05) is 35.5 Å². The van der Waals surface area contributed by atoms with Gasteiger partial charge >= 0.3 is 0 Å². The summed E-state index contributed by atoms with van der Waals surface area (Å²) < 4.78 is 6.69. The first-order valence-electron chi connectivity index (χ1n) is 7.15. The van der Waals surface area contributed by atoms with E-state index in [9.17, 15) is 4.79 Å². The second kappa shape index (κ2) is 5.73. The van der Waals surface area contributed by atoms with E-state index in [2.05, 4.69) is 10.3 Å². The largest absolute Gasteiger partial charge is 0.360 e. The van der Waals surface area contributed by atoms with Gasteiger partial charge in [-0.25, -0.2) is 4.68 Å². The molecule has 0 radical (unpaired) electrons. The highest BCUT2D eigenvalue weighted by Crippen LogP contribution is 2.26. The lowest BCUT2D eigenvalue weighted by atomic mass is 10.1. The van der Waals surface area contributed by atoms with E-state index < -0.39 is 0 Å². The average molecular weight is 298 g/mol. The highest BCUT2D eigenvalue weighted by molar-refractivity contribution is 5.92. The Kier molecular flexibility index (Phi) is 3.77. The first kappa shape index (κ1) is 14.5. The van der Waals surface area contributed by atoms with Crippen LogP contribution in [0, 0.1) is 6.92 Å². The van der Waals surface area contributed by atoms with Gasteiger partial charge in [0, 0.05) is 12.1 Å². The quantitative estimate of drug-likeness (QED) is 0.736. The third kappa shape index (κ3) is 2.53. The number of rotatable bonds is 4. The number of likely N-dealkylation sites (N-methyl/N-ethyl adjacent to an activating group) is 1. The molecule has 0 amide bonds. The molecule has 0 saturated carbocycles. The Balaban J connectivity index is 2.23. The van der Waals surface area contributed by atoms with Gasteiger partial charge in [-0.3, -0.25) is 4.79 Å². The SMILES string of the molecule is Cc1onc2c(=O)n(CCN(C)C)nc(-c3ccccc3)c12. The molecule has 0 saturated heterocycles. The fourth-order valence-corrected chi connectivity index (χ4v) is 2.38. The lowest BCUT2D eigenvalue weighted by Crippen LogP contribution is -2.29. The van der Waals surface area contributed by atoms with Gasteiger partial charge in [0.2, 0.25) is 0 Å². The standard InChI is InChI=1S/C16H18N4O2/c1-11-13-14(12-7-5-4-6-8-12)17-20(10-9-19(2)3)16(21)15(13)18-22-11/h4-8H,9-10H2,1-3H3. The number of nitrogens with zero attached hydrogens (tertiary/aromatic N) is 4. The molecule has 114 valence electrons. The summed E-state index contributed by atoms with van der Waals surface area (Å²) >= 11 is 0. The summed E-state index contributed by atoms with van der Waals surface area (Å²) in [6, 6.07) is 9.77. The van der Waals surface area contributed by atoms with Gasteiger partial charge in [-0.05, 0) is 21.0 Å². The second-order valence-corrected chi connectivity index (χ2v) is 5.51. The molecule has 0 unspecified atom stereocenters. The average Bonchev–Trinajstić information content (AvgIpc) is 2.90. The molecule has 0 aliphatic rings. The predicted octanol–water partition coefficient (Wildman–Crippen LogP) is 1.92. The van der Waals surface area contributed by atoms with Gasteiger partial charge < -0.3 is 9.42 Å². The van der Waals surface area contributed by atoms with Crippen LogP contribution >= 0.6 is 0 Å². The third-order valence-electron chi connectivity index (χ3n) is 3.56. The fraction of sp³-hybridized carbons (Fsp3) is 0.312. The van der Waals surface area contributed by atoms with E-state index in [1.165, 1.54) is 4.68 Å². The molecule has 1 aromatic carbocycles. The highest BCUT2D eigenvalue weighted by atomic mass is 16.5. The van der Waals surface area contributed by atoms with Crippen LogP contribution in [0.25, 0.3) is 22.2 Å². The van der Waals surface area contributed by atoms with Crippen LogP contribution in [-0.4, -0.2) is 40.5 Å². The lowest BCUT2D eigenvalue weighted by molar-refractivity contribution is 0.368. The van der Waals surface area contributed by atoms with E-state index in [0.717, 1.165) is 17.8 Å². The lowest BCUT2D eigenvalue weighted by Gasteiger charge is -2.12. The smallest absolute Gasteiger partial charge is 0.296 e. The molecule has 0 aliphatic carbocycles. The summed E-state index contributed by atoms with van der Waals surface area (Å²) in [6.07, 6.45) is 0. The van der Waals surface area contributed by atoms with Crippen LogP contribution < -0.4 is 5.56 Å². The van der Waals surface area contributed by atoms with Gasteiger partial charge in [0.1, 0.15) is 11.5 Å². The number of aryl methyl sites for hydroxylation is 1. The maximum absolute atomic E-state index is 12.5. The van der Waals surface area contributed by atoms with Crippen molar-refractivity contribution in [3.05, 3.63) is 46.4 Å². The van der Waals surface area contributed by atoms with Crippen LogP contribution in [0.1, 0.15) is 5.76 Å². The molecule has 0 N–H and O–H groups in total. The topological polar surface area (TPSA) is 64.2 Å². The van der Waals surface area contributed by atoms with E-state index in [0.29, 0.717) is 23.2 Å². The number of benzene rings is 1. The monoisotopic (exact) mass is 298 g/mol. The summed E-state index contributed by atoms with van der Waals surface area (Å²) in [7, 11) is 3.92. The van der Waals surface area contributed by atoms with E-state index >= 15 is 0 Å². The summed E-state index contributed by atoms with van der Waals surface area (Å²) in [6.45, 7) is 3.03. The van der Waals surface area contributed by atoms with E-state index in [1.807, 2.05) is 49.3 Å². The van der Waals surface area contributed by atoms with E-state index in [4.69, 9.17) is 4.52 Å². The van der Waals surface area contributed by atoms with Crippen LogP contribution in [0.4, 0.5) is 0 Å². The van der Waals surface area contributed by atoms with Crippen LogP contribution in [-0.2, 0) is 6.54 Å². The fourth-order valence-electron chi connectivity index (χ4n) is 2.38. The minimum absolute atomic E-state index is 0.214. The van der Waals surface area contributed by atoms with Crippen molar-refractivity contribution in [2.75, 3.05) is 20.6 Å². The molecular weight excluding hydrogens is 280 g/mol. The summed E-state index contributed by atoms with van der Waals surface area (Å²) in [5.74, 6) is 0.609. The minimum atomic E-state index is -0.214. The van der Waals surface area contributed by atoms with Gasteiger partial charge in [0.05, 0.1) is 11.9 Å². The number of hydrogen-bond acceptors (Lipinski definition) is 5. The third-order valence-corrected chi connectivity index (χ3v) is 3.56. The molecule has 0 spiro atoms. The Morgan fingerprint density at radius 1 is 1.23 bits per heavy atom. The maximum Gasteiger partial charge on any atom is 0.296 e. The van der Waals surface area contributed by atoms with Crippen molar-refractivity contribution in [3.63, 3.8) is 0 Å². The predicted molar refractivity (Wildman–Crippen MR) is 84.8 cm³/mol. The van der Waals surface area contributed by atoms with Gasteiger partial charge in [0.15, 0.2) is 5.52 Å². The summed E-state index contributed by atoms with van der Waals surface area (Å²) in [4.78, 5) is 14.5. The van der Waals surface area contributed by atoms with Crippen molar-refractivity contribution in [1.82, 2.24) is 19.8 Å². The Morgan fingerprint density at radius 2 is 1.95 bits per heavy atom. The molecule has 0 aliphatic heterocycles. The Bertz CT molecular complexity index is 850. The zero-order valence-corrected chi connectivity index (χ0v) is 12.9. The molecule has 3 rings (SSSR count). The van der Waals surface area contributed by atoms with Crippen molar-refractivity contribution >= 4 is 10.9 Å². The van der Waals surface area contributed by atoms with Crippen molar-refractivity contribution < 1.29 is 4.52 Å². The van der Waals surface area contributed by atoms with Crippen LogP contribution in [0.5, 0.6) is 0 Å². The Hall–Kier alpha value is -2.47. The molecule has 6 heteroatoms. The van der Waals surface area contributed by atoms with Crippen molar-refractivity contribution in [2.45, 2.75) is 13.5 Å². The van der Waals surface area contributed by atoms with Crippen molar-refractivity contribution in [2.24, 2.45) is 0 Å². The van der Waals surface area contributed by atoms with Crippen LogP contribution in [0.3, 0.4) is 0 Å². The first-order chi connectivity index (χ1) is 10.6. The van der Waals surface area contributed by atoms with Crippen LogP contribution in [0.2, 0.25) is 0 Å². The second-order valence-electron chi connectivity index (χ2n) is 5.51. The zero-order valence-electron chi connectivity index (χ0n) is 12.9. The first-order valence-corrected chi connectivity index (χ1v) is 7.15. The number of hydrogen-bond donors (Lipinski definition) is 0. The summed E-state index contributed by atoms with van der Waals surface area (Å²) in [5.41, 5.74) is 1.79. The molecule has 0 fully saturated rings. The Morgan fingerprint density at radius 3 is 2.64 bits per heavy atom. The van der Waals surface area contributed by atoms with Crippen molar-refractivity contribution in [3.8, 4) is 11.3 Å². The number of aromatic nitrogens is 3. The van der Waals surface area contributed by atoms with Gasteiger partial charge in [-0.2, -0.15) is 5.10 Å². The molecule has 0 bridgehead atoms. The molecular formula is C16H18N4O2. The van der Waals surface area contributed by atoms with Gasteiger partial charge in [-0.15, -0.1) is 0 Å².